The molecule has 0 radical (unpaired) electrons. The molecule has 2 heterocycles. The average molecular weight is 494 g/mol. The molecule has 4 aromatic rings. The Balaban J connectivity index is 1.43. The van der Waals surface area contributed by atoms with Crippen molar-refractivity contribution in [3.8, 4) is 11.5 Å². The fourth-order valence-electron chi connectivity index (χ4n) is 3.11. The van der Waals surface area contributed by atoms with Crippen LogP contribution in [0, 0.1) is 12.7 Å². The van der Waals surface area contributed by atoms with Gasteiger partial charge in [-0.3, -0.25) is 14.6 Å². The Kier molecular flexibility index (Phi) is 6.88. The second kappa shape index (κ2) is 10.2. The van der Waals surface area contributed by atoms with Gasteiger partial charge in [0.1, 0.15) is 17.3 Å². The molecule has 0 aliphatic rings. The summed E-state index contributed by atoms with van der Waals surface area (Å²) < 4.78 is 20.5. The molecule has 0 aliphatic carbocycles. The number of hydrogen-bond acceptors (Lipinski definition) is 6. The Morgan fingerprint density at radius 3 is 2.57 bits per heavy atom. The van der Waals surface area contributed by atoms with Gasteiger partial charge >= 0.3 is 6.03 Å². The third kappa shape index (κ3) is 5.89. The van der Waals surface area contributed by atoms with E-state index in [4.69, 9.17) is 10.5 Å². The Hall–Kier alpha value is -4.51. The highest BCUT2D eigenvalue weighted by Crippen LogP contribution is 2.35. The first-order valence-electron chi connectivity index (χ1n) is 10.4. The average Bonchev–Trinajstić information content (AvgIpc) is 3.27. The molecule has 2 aromatic heterocycles. The minimum absolute atomic E-state index is 0.0859. The summed E-state index contributed by atoms with van der Waals surface area (Å²) in [5, 5.41) is 7.56. The standard InChI is InChI=1S/C24H20FN5O4S/c1-13-2-7-16(25)17(10-13)30-24(33)29-14-3-5-15(6-4-14)34-19-8-9-27-18-11-20(35-22(18)19)23(32)28-12-21(26)31/h2-11H,12H2,1H3,(H2,26,31)(H,28,32)(H2,29,30,33). The number of thiophene rings is 1. The molecule has 178 valence electrons. The van der Waals surface area contributed by atoms with Gasteiger partial charge in [-0.05, 0) is 55.0 Å². The van der Waals surface area contributed by atoms with Crippen LogP contribution in [0.15, 0.2) is 60.8 Å². The van der Waals surface area contributed by atoms with Crippen LogP contribution in [-0.2, 0) is 4.79 Å². The van der Waals surface area contributed by atoms with Crippen LogP contribution in [0.2, 0.25) is 0 Å². The number of fused-ring (bicyclic) bond motifs is 1. The van der Waals surface area contributed by atoms with Gasteiger partial charge < -0.3 is 26.4 Å². The molecule has 0 atom stereocenters. The third-order valence-corrected chi connectivity index (χ3v) is 5.87. The van der Waals surface area contributed by atoms with Crippen molar-refractivity contribution in [2.24, 2.45) is 5.73 Å². The van der Waals surface area contributed by atoms with E-state index in [0.717, 1.165) is 5.56 Å². The van der Waals surface area contributed by atoms with Crippen LogP contribution < -0.4 is 26.4 Å². The lowest BCUT2D eigenvalue weighted by Gasteiger charge is -2.10. The number of pyridine rings is 1. The van der Waals surface area contributed by atoms with Crippen LogP contribution in [0.3, 0.4) is 0 Å². The number of benzene rings is 2. The number of halogens is 1. The van der Waals surface area contributed by atoms with E-state index in [-0.39, 0.29) is 12.2 Å². The number of nitrogens with two attached hydrogens (primary N) is 1. The second-order valence-electron chi connectivity index (χ2n) is 7.47. The molecule has 0 unspecified atom stereocenters. The lowest BCUT2D eigenvalue weighted by atomic mass is 10.2. The Morgan fingerprint density at radius 1 is 1.06 bits per heavy atom. The molecular formula is C24H20FN5O4S. The highest BCUT2D eigenvalue weighted by atomic mass is 32.1. The van der Waals surface area contributed by atoms with E-state index in [9.17, 15) is 18.8 Å². The molecule has 0 spiro atoms. The highest BCUT2D eigenvalue weighted by molar-refractivity contribution is 7.21. The summed E-state index contributed by atoms with van der Waals surface area (Å²) in [6, 6.07) is 13.7. The lowest BCUT2D eigenvalue weighted by molar-refractivity contribution is -0.117. The Bertz CT molecular complexity index is 1420. The molecule has 0 fully saturated rings. The molecule has 2 aromatic carbocycles. The topological polar surface area (TPSA) is 135 Å². The lowest BCUT2D eigenvalue weighted by Crippen LogP contribution is -2.32. The zero-order valence-corrected chi connectivity index (χ0v) is 19.2. The van der Waals surface area contributed by atoms with Crippen molar-refractivity contribution in [1.29, 1.82) is 0 Å². The Morgan fingerprint density at radius 2 is 1.83 bits per heavy atom. The number of urea groups is 1. The SMILES string of the molecule is Cc1ccc(F)c(NC(=O)Nc2ccc(Oc3ccnc4cc(C(=O)NCC(N)=O)sc34)cc2)c1. The van der Waals surface area contributed by atoms with Crippen LogP contribution in [-0.4, -0.2) is 29.4 Å². The first-order valence-corrected chi connectivity index (χ1v) is 11.2. The van der Waals surface area contributed by atoms with E-state index in [1.165, 1.54) is 17.4 Å². The predicted octanol–water partition coefficient (Wildman–Crippen LogP) is 4.40. The fourth-order valence-corrected chi connectivity index (χ4v) is 4.10. The Labute approximate surface area is 203 Å². The monoisotopic (exact) mass is 493 g/mol. The minimum Gasteiger partial charge on any atom is -0.456 e. The van der Waals surface area contributed by atoms with E-state index in [2.05, 4.69) is 20.9 Å². The second-order valence-corrected chi connectivity index (χ2v) is 8.52. The first kappa shape index (κ1) is 23.6. The highest BCUT2D eigenvalue weighted by Gasteiger charge is 2.15. The molecule has 0 aliphatic heterocycles. The number of carbonyl (C=O) groups excluding carboxylic acids is 3. The number of primary amides is 1. The van der Waals surface area contributed by atoms with Crippen LogP contribution in [0.4, 0.5) is 20.6 Å². The van der Waals surface area contributed by atoms with Gasteiger partial charge in [0.05, 0.1) is 27.3 Å². The van der Waals surface area contributed by atoms with Crippen molar-refractivity contribution in [1.82, 2.24) is 10.3 Å². The van der Waals surface area contributed by atoms with Gasteiger partial charge in [-0.1, -0.05) is 6.07 Å². The number of aromatic nitrogens is 1. The largest absolute Gasteiger partial charge is 0.456 e. The maximum absolute atomic E-state index is 13.9. The summed E-state index contributed by atoms with van der Waals surface area (Å²) in [5.41, 5.74) is 7.01. The predicted molar refractivity (Wildman–Crippen MR) is 131 cm³/mol. The van der Waals surface area contributed by atoms with Crippen molar-refractivity contribution >= 4 is 50.8 Å². The van der Waals surface area contributed by atoms with Crippen LogP contribution >= 0.6 is 11.3 Å². The van der Waals surface area contributed by atoms with Crippen molar-refractivity contribution in [3.05, 3.63) is 77.1 Å². The molecule has 5 N–H and O–H groups in total. The zero-order chi connectivity index (χ0) is 24.9. The summed E-state index contributed by atoms with van der Waals surface area (Å²) in [5.74, 6) is -0.625. The van der Waals surface area contributed by atoms with Gasteiger partial charge in [0.25, 0.3) is 5.91 Å². The quantitative estimate of drug-likeness (QED) is 0.303. The summed E-state index contributed by atoms with van der Waals surface area (Å²) in [7, 11) is 0. The van der Waals surface area contributed by atoms with Gasteiger partial charge in [0, 0.05) is 18.0 Å². The number of nitrogens with zero attached hydrogens (tertiary/aromatic N) is 1. The normalized spacial score (nSPS) is 10.6. The maximum Gasteiger partial charge on any atom is 0.323 e. The maximum atomic E-state index is 13.9. The molecule has 0 bridgehead atoms. The smallest absolute Gasteiger partial charge is 0.323 e. The minimum atomic E-state index is -0.639. The number of nitrogens with one attached hydrogen (secondary N) is 3. The molecule has 4 rings (SSSR count). The van der Waals surface area contributed by atoms with Gasteiger partial charge in [-0.2, -0.15) is 0 Å². The number of hydrogen-bond donors (Lipinski definition) is 4. The number of carbonyl (C=O) groups is 3. The van der Waals surface area contributed by atoms with E-state index in [1.54, 1.807) is 61.7 Å². The van der Waals surface area contributed by atoms with Crippen molar-refractivity contribution in [2.45, 2.75) is 6.92 Å². The third-order valence-electron chi connectivity index (χ3n) is 4.73. The van der Waals surface area contributed by atoms with Gasteiger partial charge in [-0.15, -0.1) is 11.3 Å². The number of rotatable bonds is 7. The van der Waals surface area contributed by atoms with E-state index < -0.39 is 23.7 Å². The van der Waals surface area contributed by atoms with Gasteiger partial charge in [0.2, 0.25) is 5.91 Å². The van der Waals surface area contributed by atoms with E-state index in [0.29, 0.717) is 32.3 Å². The summed E-state index contributed by atoms with van der Waals surface area (Å²) in [6.45, 7) is 1.54. The van der Waals surface area contributed by atoms with Gasteiger partial charge in [-0.25, -0.2) is 9.18 Å². The van der Waals surface area contributed by atoms with Crippen molar-refractivity contribution < 1.29 is 23.5 Å². The van der Waals surface area contributed by atoms with Crippen molar-refractivity contribution in [3.63, 3.8) is 0 Å². The number of anilines is 2. The van der Waals surface area contributed by atoms with E-state index >= 15 is 0 Å². The molecule has 9 nitrogen and oxygen atoms in total. The first-order chi connectivity index (χ1) is 16.8. The van der Waals surface area contributed by atoms with Gasteiger partial charge in [0.15, 0.2) is 0 Å². The molecule has 0 saturated carbocycles. The molecule has 4 amide bonds. The van der Waals surface area contributed by atoms with E-state index in [1.807, 2.05) is 0 Å². The molecule has 11 heteroatoms. The van der Waals surface area contributed by atoms with Crippen LogP contribution in [0.1, 0.15) is 15.2 Å². The summed E-state index contributed by atoms with van der Waals surface area (Å²) >= 11 is 1.17. The molecular weight excluding hydrogens is 473 g/mol. The summed E-state index contributed by atoms with van der Waals surface area (Å²) in [6.07, 6.45) is 1.56. The van der Waals surface area contributed by atoms with Crippen LogP contribution in [0.25, 0.3) is 10.2 Å². The molecule has 35 heavy (non-hydrogen) atoms. The fraction of sp³-hybridized carbons (Fsp3) is 0.0833. The number of aryl methyl sites for hydroxylation is 1. The number of amides is 4. The molecule has 0 saturated heterocycles. The zero-order valence-electron chi connectivity index (χ0n) is 18.4. The number of ether oxygens (including phenoxy) is 1. The van der Waals surface area contributed by atoms with Crippen LogP contribution in [0.5, 0.6) is 11.5 Å². The van der Waals surface area contributed by atoms with Crippen molar-refractivity contribution in [2.75, 3.05) is 17.2 Å². The summed E-state index contributed by atoms with van der Waals surface area (Å²) in [4.78, 5) is 40.0.